The maximum atomic E-state index is 12.9. The summed E-state index contributed by atoms with van der Waals surface area (Å²) in [7, 11) is 0. The van der Waals surface area contributed by atoms with Crippen LogP contribution in [0.25, 0.3) is 10.2 Å². The smallest absolute Gasteiger partial charge is 0.262 e. The second-order valence-electron chi connectivity index (χ2n) is 6.91. The molecule has 1 atom stereocenters. The lowest BCUT2D eigenvalue weighted by atomic mass is 9.97. The molecule has 0 radical (unpaired) electrons. The maximum absolute atomic E-state index is 12.9. The van der Waals surface area contributed by atoms with Crippen molar-refractivity contribution in [3.05, 3.63) is 62.0 Å². The van der Waals surface area contributed by atoms with Crippen molar-refractivity contribution >= 4 is 39.1 Å². The Balaban J connectivity index is 1.54. The Bertz CT molecular complexity index is 1060. The first kappa shape index (κ1) is 18.2. The van der Waals surface area contributed by atoms with Crippen LogP contribution < -0.4 is 10.9 Å². The highest BCUT2D eigenvalue weighted by molar-refractivity contribution is 7.18. The first-order valence-corrected chi connectivity index (χ1v) is 10.3. The van der Waals surface area contributed by atoms with E-state index in [0.717, 1.165) is 35.2 Å². The van der Waals surface area contributed by atoms with E-state index in [1.54, 1.807) is 23.5 Å². The fourth-order valence-corrected chi connectivity index (χ4v) is 4.92. The Morgan fingerprint density at radius 2 is 2.04 bits per heavy atom. The van der Waals surface area contributed by atoms with Gasteiger partial charge in [0.1, 0.15) is 11.4 Å². The van der Waals surface area contributed by atoms with E-state index >= 15 is 0 Å². The van der Waals surface area contributed by atoms with Crippen LogP contribution >= 0.6 is 22.9 Å². The highest BCUT2D eigenvalue weighted by atomic mass is 35.5. The molecule has 1 aliphatic carbocycles. The summed E-state index contributed by atoms with van der Waals surface area (Å²) in [5, 5.41) is 4.29. The van der Waals surface area contributed by atoms with Crippen molar-refractivity contribution in [3.8, 4) is 0 Å². The third kappa shape index (κ3) is 3.64. The van der Waals surface area contributed by atoms with Gasteiger partial charge in [0, 0.05) is 9.90 Å². The van der Waals surface area contributed by atoms with Crippen LogP contribution in [-0.2, 0) is 24.2 Å². The lowest BCUT2D eigenvalue weighted by Gasteiger charge is -2.15. The van der Waals surface area contributed by atoms with Gasteiger partial charge in [0.05, 0.1) is 17.8 Å². The van der Waals surface area contributed by atoms with E-state index in [0.29, 0.717) is 10.4 Å². The number of fused-ring (bicyclic) bond motifs is 3. The molecule has 27 heavy (non-hydrogen) atoms. The number of amides is 1. The fraction of sp³-hybridized carbons (Fsp3) is 0.350. The van der Waals surface area contributed by atoms with Gasteiger partial charge in [-0.25, -0.2) is 4.98 Å². The van der Waals surface area contributed by atoms with Crippen LogP contribution in [0, 0.1) is 0 Å². The van der Waals surface area contributed by atoms with Gasteiger partial charge in [0.15, 0.2) is 0 Å². The molecule has 1 N–H and O–H groups in total. The highest BCUT2D eigenvalue weighted by Crippen LogP contribution is 2.33. The number of halogens is 1. The monoisotopic (exact) mass is 401 g/mol. The van der Waals surface area contributed by atoms with Crippen molar-refractivity contribution in [2.24, 2.45) is 0 Å². The first-order chi connectivity index (χ1) is 13.0. The average Bonchev–Trinajstić information content (AvgIpc) is 3.04. The number of benzene rings is 1. The van der Waals surface area contributed by atoms with E-state index in [4.69, 9.17) is 11.6 Å². The van der Waals surface area contributed by atoms with Crippen LogP contribution in [0.5, 0.6) is 0 Å². The molecule has 2 aromatic heterocycles. The van der Waals surface area contributed by atoms with Crippen LogP contribution in [0.15, 0.2) is 35.4 Å². The second kappa shape index (κ2) is 7.44. The van der Waals surface area contributed by atoms with E-state index < -0.39 is 0 Å². The Morgan fingerprint density at radius 3 is 2.81 bits per heavy atom. The number of carbonyl (C=O) groups is 1. The minimum absolute atomic E-state index is 0.0374. The van der Waals surface area contributed by atoms with E-state index in [1.807, 2.05) is 19.1 Å². The fourth-order valence-electron chi connectivity index (χ4n) is 3.57. The molecule has 5 nitrogen and oxygen atoms in total. The average molecular weight is 402 g/mol. The molecule has 0 bridgehead atoms. The van der Waals surface area contributed by atoms with Crippen LogP contribution in [0.3, 0.4) is 0 Å². The summed E-state index contributed by atoms with van der Waals surface area (Å²) in [5.74, 6) is -0.218. The van der Waals surface area contributed by atoms with E-state index in [1.165, 1.54) is 22.2 Å². The van der Waals surface area contributed by atoms with Crippen molar-refractivity contribution in [3.63, 3.8) is 0 Å². The summed E-state index contributed by atoms with van der Waals surface area (Å²) < 4.78 is 1.41. The Kier molecular flexibility index (Phi) is 5.02. The molecule has 2 heterocycles. The molecule has 0 fully saturated rings. The van der Waals surface area contributed by atoms with Gasteiger partial charge in [-0.15, -0.1) is 11.3 Å². The maximum Gasteiger partial charge on any atom is 0.262 e. The molecule has 3 aromatic rings. The summed E-state index contributed by atoms with van der Waals surface area (Å²) >= 11 is 7.52. The molecular formula is C20H20ClN3O2S. The predicted octanol–water partition coefficient (Wildman–Crippen LogP) is 3.87. The number of aromatic nitrogens is 2. The summed E-state index contributed by atoms with van der Waals surface area (Å²) in [4.78, 5) is 31.9. The van der Waals surface area contributed by atoms with E-state index in [-0.39, 0.29) is 24.1 Å². The SMILES string of the molecule is C[C@@H](NC(=O)Cn1cnc2sc3c(c2c1=O)CCCC3)c1ccc(Cl)cc1. The molecule has 1 aromatic carbocycles. The highest BCUT2D eigenvalue weighted by Gasteiger charge is 2.20. The molecule has 0 aliphatic heterocycles. The van der Waals surface area contributed by atoms with Crippen molar-refractivity contribution in [2.75, 3.05) is 0 Å². The summed E-state index contributed by atoms with van der Waals surface area (Å²) in [6.07, 6.45) is 5.70. The summed E-state index contributed by atoms with van der Waals surface area (Å²) in [5.41, 5.74) is 1.98. The van der Waals surface area contributed by atoms with Crippen molar-refractivity contribution in [1.82, 2.24) is 14.9 Å². The molecule has 0 unspecified atom stereocenters. The molecule has 0 saturated carbocycles. The zero-order valence-corrected chi connectivity index (χ0v) is 16.6. The molecule has 140 valence electrons. The number of thiophene rings is 1. The van der Waals surface area contributed by atoms with Crippen molar-refractivity contribution in [2.45, 2.75) is 45.2 Å². The molecule has 7 heteroatoms. The minimum Gasteiger partial charge on any atom is -0.348 e. The van der Waals surface area contributed by atoms with Gasteiger partial charge in [0.25, 0.3) is 5.56 Å². The van der Waals surface area contributed by atoms with Crippen molar-refractivity contribution in [1.29, 1.82) is 0 Å². The van der Waals surface area contributed by atoms with Crippen LogP contribution in [0.1, 0.15) is 41.8 Å². The van der Waals surface area contributed by atoms with Gasteiger partial charge in [-0.2, -0.15) is 0 Å². The Labute approximate surface area is 166 Å². The largest absolute Gasteiger partial charge is 0.348 e. The molecule has 0 saturated heterocycles. The number of carbonyl (C=O) groups excluding carboxylic acids is 1. The number of aryl methyl sites for hydroxylation is 2. The Hall–Kier alpha value is -2.18. The zero-order valence-electron chi connectivity index (χ0n) is 15.0. The number of rotatable bonds is 4. The normalized spacial score (nSPS) is 14.7. The zero-order chi connectivity index (χ0) is 19.0. The van der Waals surface area contributed by atoms with E-state index in [9.17, 15) is 9.59 Å². The lowest BCUT2D eigenvalue weighted by molar-refractivity contribution is -0.122. The topological polar surface area (TPSA) is 64.0 Å². The third-order valence-electron chi connectivity index (χ3n) is 5.00. The van der Waals surface area contributed by atoms with Gasteiger partial charge < -0.3 is 5.32 Å². The lowest BCUT2D eigenvalue weighted by Crippen LogP contribution is -2.34. The number of hydrogen-bond donors (Lipinski definition) is 1. The van der Waals surface area contributed by atoms with Crippen LogP contribution in [-0.4, -0.2) is 15.5 Å². The first-order valence-electron chi connectivity index (χ1n) is 9.07. The van der Waals surface area contributed by atoms with Gasteiger partial charge in [-0.3, -0.25) is 14.2 Å². The van der Waals surface area contributed by atoms with Crippen LogP contribution in [0.4, 0.5) is 0 Å². The number of hydrogen-bond acceptors (Lipinski definition) is 4. The van der Waals surface area contributed by atoms with E-state index in [2.05, 4.69) is 10.3 Å². The molecular weight excluding hydrogens is 382 g/mol. The second-order valence-corrected chi connectivity index (χ2v) is 8.43. The predicted molar refractivity (Wildman–Crippen MR) is 109 cm³/mol. The number of nitrogens with one attached hydrogen (secondary N) is 1. The number of nitrogens with zero attached hydrogens (tertiary/aromatic N) is 2. The van der Waals surface area contributed by atoms with Gasteiger partial charge >= 0.3 is 0 Å². The standard InChI is InChI=1S/C20H20ClN3O2S/c1-12(13-6-8-14(21)9-7-13)23-17(25)10-24-11-22-19-18(20(24)26)15-4-2-3-5-16(15)27-19/h6-9,11-12H,2-5,10H2,1H3,(H,23,25)/t12-/m1/s1. The molecule has 1 aliphatic rings. The Morgan fingerprint density at radius 1 is 1.30 bits per heavy atom. The molecule has 4 rings (SSSR count). The molecule has 0 spiro atoms. The minimum atomic E-state index is -0.218. The van der Waals surface area contributed by atoms with Gasteiger partial charge in [-0.05, 0) is 55.9 Å². The quantitative estimate of drug-likeness (QED) is 0.721. The van der Waals surface area contributed by atoms with Crippen LogP contribution in [0.2, 0.25) is 5.02 Å². The molecule has 1 amide bonds. The summed E-state index contributed by atoms with van der Waals surface area (Å²) in [6, 6.07) is 7.18. The van der Waals surface area contributed by atoms with Crippen molar-refractivity contribution < 1.29 is 4.79 Å². The van der Waals surface area contributed by atoms with Gasteiger partial charge in [-0.1, -0.05) is 23.7 Å². The third-order valence-corrected chi connectivity index (χ3v) is 6.46. The summed E-state index contributed by atoms with van der Waals surface area (Å²) in [6.45, 7) is 1.87. The van der Waals surface area contributed by atoms with Gasteiger partial charge in [0.2, 0.25) is 5.91 Å².